The molecular weight excluding hydrogens is 130 g/mol. The molecule has 0 saturated heterocycles. The molecule has 0 atom stereocenters. The second-order valence-corrected chi connectivity index (χ2v) is 2.79. The Bertz CT molecular complexity index is 212. The highest BCUT2D eigenvalue weighted by Crippen LogP contribution is 2.08. The summed E-state index contributed by atoms with van der Waals surface area (Å²) in [7, 11) is 0. The zero-order chi connectivity index (χ0) is 6.69. The molecule has 0 spiro atoms. The zero-order valence-electron chi connectivity index (χ0n) is 5.51. The zero-order valence-corrected chi connectivity index (χ0v) is 6.33. The molecule has 0 fully saturated rings. The number of aryl methyl sites for hydroxylation is 1. The molecule has 1 radical (unpaired) electrons. The fraction of sp³-hybridized carbons (Fsp3) is 0.286. The van der Waals surface area contributed by atoms with E-state index in [0.717, 1.165) is 10.7 Å². The molecule has 1 heterocycles. The van der Waals surface area contributed by atoms with Crippen LogP contribution >= 0.6 is 11.3 Å². The van der Waals surface area contributed by atoms with E-state index in [4.69, 9.17) is 0 Å². The summed E-state index contributed by atoms with van der Waals surface area (Å²) in [6.45, 7) is 3.87. The number of nitrogens with zero attached hydrogens (tertiary/aromatic N) is 1. The molecule has 0 aromatic carbocycles. The van der Waals surface area contributed by atoms with E-state index in [1.165, 1.54) is 0 Å². The van der Waals surface area contributed by atoms with E-state index in [2.05, 4.69) is 11.1 Å². The molecule has 1 aromatic rings. The van der Waals surface area contributed by atoms with E-state index in [0.29, 0.717) is 0 Å². The smallest absolute Gasteiger partial charge is 0.0901 e. The van der Waals surface area contributed by atoms with Crippen molar-refractivity contribution < 1.29 is 0 Å². The molecule has 47 valence electrons. The van der Waals surface area contributed by atoms with Gasteiger partial charge in [0.25, 0.3) is 0 Å². The van der Waals surface area contributed by atoms with Crippen LogP contribution in [-0.2, 0) is 0 Å². The molecule has 1 rings (SSSR count). The minimum atomic E-state index is 1.01. The summed E-state index contributed by atoms with van der Waals surface area (Å²) >= 11 is 1.66. The van der Waals surface area contributed by atoms with Crippen LogP contribution in [0, 0.1) is 13.0 Å². The molecule has 9 heavy (non-hydrogen) atoms. The first kappa shape index (κ1) is 6.49. The van der Waals surface area contributed by atoms with Gasteiger partial charge in [0.15, 0.2) is 0 Å². The van der Waals surface area contributed by atoms with Gasteiger partial charge in [-0.2, -0.15) is 0 Å². The molecule has 1 aromatic heterocycles. The first-order valence-corrected chi connectivity index (χ1v) is 3.63. The van der Waals surface area contributed by atoms with Crippen LogP contribution in [0.25, 0.3) is 6.08 Å². The van der Waals surface area contributed by atoms with Gasteiger partial charge in [-0.15, -0.1) is 11.3 Å². The number of hydrogen-bond donors (Lipinski definition) is 0. The van der Waals surface area contributed by atoms with Gasteiger partial charge in [-0.3, -0.25) is 0 Å². The van der Waals surface area contributed by atoms with Gasteiger partial charge < -0.3 is 0 Å². The Kier molecular flexibility index (Phi) is 2.01. The number of hydrogen-bond acceptors (Lipinski definition) is 2. The highest BCUT2D eigenvalue weighted by atomic mass is 32.1. The van der Waals surface area contributed by atoms with E-state index < -0.39 is 0 Å². The second-order valence-electron chi connectivity index (χ2n) is 1.72. The van der Waals surface area contributed by atoms with Gasteiger partial charge in [-0.05, 0) is 26.0 Å². The average molecular weight is 138 g/mol. The van der Waals surface area contributed by atoms with Crippen molar-refractivity contribution in [1.29, 1.82) is 0 Å². The first-order chi connectivity index (χ1) is 4.33. The molecule has 0 aliphatic rings. The predicted octanol–water partition coefficient (Wildman–Crippen LogP) is 2.29. The summed E-state index contributed by atoms with van der Waals surface area (Å²) in [4.78, 5) is 4.20. The highest BCUT2D eigenvalue weighted by molar-refractivity contribution is 7.09. The number of thiazole rings is 1. The third-order valence-corrected chi connectivity index (χ3v) is 1.72. The lowest BCUT2D eigenvalue weighted by Gasteiger charge is -1.76. The van der Waals surface area contributed by atoms with Crippen LogP contribution in [0.3, 0.4) is 0 Å². The normalized spacial score (nSPS) is 10.9. The van der Waals surface area contributed by atoms with Crippen LogP contribution in [0.15, 0.2) is 5.38 Å². The van der Waals surface area contributed by atoms with E-state index in [1.807, 2.05) is 25.3 Å². The average Bonchev–Trinajstić information content (AvgIpc) is 2.17. The summed E-state index contributed by atoms with van der Waals surface area (Å²) in [5.74, 6) is 0. The number of allylic oxidation sites excluding steroid dienone is 1. The molecule has 0 N–H and O–H groups in total. The Morgan fingerprint density at radius 2 is 2.56 bits per heavy atom. The predicted molar refractivity (Wildman–Crippen MR) is 40.2 cm³/mol. The largest absolute Gasteiger partial charge is 0.242 e. The van der Waals surface area contributed by atoms with Gasteiger partial charge in [0, 0.05) is 5.38 Å². The summed E-state index contributed by atoms with van der Waals surface area (Å²) in [6, 6.07) is 0. The van der Waals surface area contributed by atoms with Crippen molar-refractivity contribution in [2.75, 3.05) is 0 Å². The Morgan fingerprint density at radius 1 is 1.78 bits per heavy atom. The van der Waals surface area contributed by atoms with Gasteiger partial charge in [-0.25, -0.2) is 4.98 Å². The van der Waals surface area contributed by atoms with E-state index in [9.17, 15) is 0 Å². The van der Waals surface area contributed by atoms with E-state index in [1.54, 1.807) is 11.3 Å². The van der Waals surface area contributed by atoms with Gasteiger partial charge in [-0.1, -0.05) is 0 Å². The van der Waals surface area contributed by atoms with Crippen LogP contribution in [-0.4, -0.2) is 4.98 Å². The third-order valence-electron chi connectivity index (χ3n) is 0.929. The standard InChI is InChI=1S/C7H8NS/c1-3-4-7-5-9-6(2)8-7/h4-5H,1-2H3. The topological polar surface area (TPSA) is 12.9 Å². The van der Waals surface area contributed by atoms with Crippen LogP contribution in [0.4, 0.5) is 0 Å². The fourth-order valence-corrected chi connectivity index (χ4v) is 1.16. The van der Waals surface area contributed by atoms with Gasteiger partial charge >= 0.3 is 0 Å². The Morgan fingerprint density at radius 3 is 3.00 bits per heavy atom. The van der Waals surface area contributed by atoms with Crippen molar-refractivity contribution in [3.8, 4) is 0 Å². The van der Waals surface area contributed by atoms with Gasteiger partial charge in [0.2, 0.25) is 0 Å². The maximum absolute atomic E-state index is 4.20. The molecule has 0 saturated carbocycles. The Hall–Kier alpha value is -0.630. The molecule has 0 unspecified atom stereocenters. The lowest BCUT2D eigenvalue weighted by Crippen LogP contribution is -1.69. The summed E-state index contributed by atoms with van der Waals surface area (Å²) < 4.78 is 0. The minimum absolute atomic E-state index is 1.01. The fourth-order valence-electron chi connectivity index (χ4n) is 0.594. The van der Waals surface area contributed by atoms with E-state index in [-0.39, 0.29) is 0 Å². The Balaban J connectivity index is 2.85. The molecular formula is C7H8NS. The number of rotatable bonds is 1. The Labute approximate surface area is 59.1 Å². The van der Waals surface area contributed by atoms with E-state index >= 15 is 0 Å². The maximum atomic E-state index is 4.20. The lowest BCUT2D eigenvalue weighted by molar-refractivity contribution is 1.27. The van der Waals surface area contributed by atoms with Crippen molar-refractivity contribution in [2.24, 2.45) is 0 Å². The summed E-state index contributed by atoms with van der Waals surface area (Å²) in [6.07, 6.45) is 4.79. The van der Waals surface area contributed by atoms with Crippen molar-refractivity contribution in [2.45, 2.75) is 13.8 Å². The lowest BCUT2D eigenvalue weighted by atomic mass is 10.4. The molecule has 0 bridgehead atoms. The first-order valence-electron chi connectivity index (χ1n) is 2.75. The SMILES string of the molecule is C/[C]=C\c1csc(C)n1. The molecule has 0 amide bonds. The van der Waals surface area contributed by atoms with Gasteiger partial charge in [0.1, 0.15) is 0 Å². The monoisotopic (exact) mass is 138 g/mol. The van der Waals surface area contributed by atoms with Crippen molar-refractivity contribution in [3.05, 3.63) is 22.2 Å². The summed E-state index contributed by atoms with van der Waals surface area (Å²) in [5, 5.41) is 3.13. The van der Waals surface area contributed by atoms with Gasteiger partial charge in [0.05, 0.1) is 10.7 Å². The van der Waals surface area contributed by atoms with Crippen molar-refractivity contribution in [3.63, 3.8) is 0 Å². The summed E-state index contributed by atoms with van der Waals surface area (Å²) in [5.41, 5.74) is 1.01. The van der Waals surface area contributed by atoms with Crippen molar-refractivity contribution in [1.82, 2.24) is 4.98 Å². The molecule has 2 heteroatoms. The van der Waals surface area contributed by atoms with Crippen LogP contribution < -0.4 is 0 Å². The van der Waals surface area contributed by atoms with Crippen LogP contribution in [0.5, 0.6) is 0 Å². The molecule has 0 aliphatic carbocycles. The molecule has 1 nitrogen and oxygen atoms in total. The molecule has 0 aliphatic heterocycles. The van der Waals surface area contributed by atoms with Crippen LogP contribution in [0.2, 0.25) is 0 Å². The quantitative estimate of drug-likeness (QED) is 0.580. The second kappa shape index (κ2) is 2.78. The highest BCUT2D eigenvalue weighted by Gasteiger charge is 1.89. The third kappa shape index (κ3) is 1.64. The minimum Gasteiger partial charge on any atom is -0.242 e. The maximum Gasteiger partial charge on any atom is 0.0901 e. The van der Waals surface area contributed by atoms with Crippen molar-refractivity contribution >= 4 is 17.4 Å². The number of aromatic nitrogens is 1. The van der Waals surface area contributed by atoms with Crippen LogP contribution in [0.1, 0.15) is 17.6 Å².